The number of hydrogen-bond donors (Lipinski definition) is 0. The molecule has 2 nitrogen and oxygen atoms in total. The summed E-state index contributed by atoms with van der Waals surface area (Å²) in [6.07, 6.45) is 6.66. The predicted octanol–water partition coefficient (Wildman–Crippen LogP) is 3.17. The van der Waals surface area contributed by atoms with Gasteiger partial charge in [0.15, 0.2) is 0 Å². The number of hydrogen-bond acceptors (Lipinski definition) is 2. The van der Waals surface area contributed by atoms with E-state index in [2.05, 4.69) is 32.9 Å². The van der Waals surface area contributed by atoms with Gasteiger partial charge in [-0.05, 0) is 33.6 Å². The van der Waals surface area contributed by atoms with Crippen LogP contribution in [0.15, 0.2) is 23.3 Å². The maximum Gasteiger partial charge on any atom is 0.0868 e. The second-order valence-corrected chi connectivity index (χ2v) is 3.98. The lowest BCUT2D eigenvalue weighted by Crippen LogP contribution is -2.12. The quantitative estimate of drug-likeness (QED) is 0.479. The lowest BCUT2D eigenvalue weighted by atomic mass is 10.1. The van der Waals surface area contributed by atoms with Crippen LogP contribution < -0.4 is 0 Å². The summed E-state index contributed by atoms with van der Waals surface area (Å²) in [7, 11) is 3.79. The van der Waals surface area contributed by atoms with Crippen LogP contribution in [0.2, 0.25) is 0 Å². The zero-order valence-corrected chi connectivity index (χ0v) is 10.1. The highest BCUT2D eigenvalue weighted by Crippen LogP contribution is 2.06. The summed E-state index contributed by atoms with van der Waals surface area (Å²) in [4.78, 5) is 5.28. The van der Waals surface area contributed by atoms with Crippen molar-refractivity contribution in [3.05, 3.63) is 23.3 Å². The summed E-state index contributed by atoms with van der Waals surface area (Å²) in [5.74, 6) is 0. The van der Waals surface area contributed by atoms with E-state index in [9.17, 15) is 0 Å². The topological polar surface area (TPSA) is 12.5 Å². The van der Waals surface area contributed by atoms with Gasteiger partial charge in [-0.2, -0.15) is 5.06 Å². The number of allylic oxidation sites excluding steroid dienone is 3. The second-order valence-electron chi connectivity index (χ2n) is 3.98. The first-order chi connectivity index (χ1) is 6.52. The van der Waals surface area contributed by atoms with Crippen LogP contribution in [0.25, 0.3) is 0 Å². The van der Waals surface area contributed by atoms with Gasteiger partial charge in [0.1, 0.15) is 0 Å². The molecule has 0 aromatic rings. The summed E-state index contributed by atoms with van der Waals surface area (Å²) in [5.41, 5.74) is 2.78. The van der Waals surface area contributed by atoms with E-state index in [1.807, 2.05) is 14.1 Å². The van der Waals surface area contributed by atoms with Crippen LogP contribution in [0.4, 0.5) is 0 Å². The molecule has 0 radical (unpaired) electrons. The molecule has 0 atom stereocenters. The highest BCUT2D eigenvalue weighted by Gasteiger charge is 1.90. The molecule has 0 aliphatic rings. The first kappa shape index (κ1) is 13.4. The van der Waals surface area contributed by atoms with Gasteiger partial charge in [-0.15, -0.1) is 0 Å². The van der Waals surface area contributed by atoms with Crippen molar-refractivity contribution in [2.75, 3.05) is 20.7 Å². The van der Waals surface area contributed by atoms with E-state index in [0.717, 1.165) is 12.8 Å². The minimum atomic E-state index is 0.674. The molecule has 14 heavy (non-hydrogen) atoms. The average Bonchev–Trinajstić information content (AvgIpc) is 2.02. The van der Waals surface area contributed by atoms with Crippen LogP contribution in [0.1, 0.15) is 33.6 Å². The highest BCUT2D eigenvalue weighted by molar-refractivity contribution is 5.02. The molecule has 0 amide bonds. The van der Waals surface area contributed by atoms with Crippen LogP contribution in [-0.4, -0.2) is 25.8 Å². The van der Waals surface area contributed by atoms with E-state index in [0.29, 0.717) is 6.61 Å². The molecule has 2 heteroatoms. The first-order valence-corrected chi connectivity index (χ1v) is 5.11. The normalized spacial score (nSPS) is 12.0. The van der Waals surface area contributed by atoms with Gasteiger partial charge in [-0.25, -0.2) is 0 Å². The molecule has 82 valence electrons. The van der Waals surface area contributed by atoms with Gasteiger partial charge in [0.05, 0.1) is 6.61 Å². The Kier molecular flexibility index (Phi) is 7.44. The molecule has 0 N–H and O–H groups in total. The molecule has 0 aliphatic carbocycles. The second kappa shape index (κ2) is 7.77. The largest absolute Gasteiger partial charge is 0.295 e. The number of nitrogens with zero attached hydrogens (tertiary/aromatic N) is 1. The van der Waals surface area contributed by atoms with Crippen molar-refractivity contribution in [3.8, 4) is 0 Å². The zero-order valence-electron chi connectivity index (χ0n) is 10.1. The Morgan fingerprint density at radius 3 is 2.29 bits per heavy atom. The molecule has 0 saturated heterocycles. The van der Waals surface area contributed by atoms with Crippen LogP contribution in [0.5, 0.6) is 0 Å². The van der Waals surface area contributed by atoms with Crippen molar-refractivity contribution in [2.24, 2.45) is 0 Å². The van der Waals surface area contributed by atoms with E-state index >= 15 is 0 Å². The predicted molar refractivity (Wildman–Crippen MR) is 62.1 cm³/mol. The van der Waals surface area contributed by atoms with Gasteiger partial charge >= 0.3 is 0 Å². The molecule has 0 aromatic carbocycles. The van der Waals surface area contributed by atoms with Crippen molar-refractivity contribution < 1.29 is 4.84 Å². The molecule has 0 aromatic heterocycles. The highest BCUT2D eigenvalue weighted by atomic mass is 16.7. The Balaban J connectivity index is 3.62. The molecule has 0 heterocycles. The summed E-state index contributed by atoms with van der Waals surface area (Å²) in [6, 6.07) is 0. The van der Waals surface area contributed by atoms with Gasteiger partial charge in [-0.1, -0.05) is 23.3 Å². The zero-order chi connectivity index (χ0) is 11.0. The minimum absolute atomic E-state index is 0.674. The van der Waals surface area contributed by atoms with Crippen molar-refractivity contribution in [2.45, 2.75) is 33.6 Å². The molecule has 0 aliphatic heterocycles. The Morgan fingerprint density at radius 1 is 1.14 bits per heavy atom. The number of rotatable bonds is 6. The van der Waals surface area contributed by atoms with E-state index in [4.69, 9.17) is 4.84 Å². The third-order valence-electron chi connectivity index (χ3n) is 1.86. The lowest BCUT2D eigenvalue weighted by Gasteiger charge is -2.08. The SMILES string of the molecule is CC(C)=CCC/C(C)=C/CON(C)C. The Labute approximate surface area is 88.2 Å². The maximum absolute atomic E-state index is 5.28. The third kappa shape index (κ3) is 9.49. The molecule has 0 saturated carbocycles. The van der Waals surface area contributed by atoms with Crippen molar-refractivity contribution in [1.29, 1.82) is 0 Å². The van der Waals surface area contributed by atoms with E-state index in [1.165, 1.54) is 11.1 Å². The monoisotopic (exact) mass is 197 g/mol. The van der Waals surface area contributed by atoms with Gasteiger partial charge in [0.25, 0.3) is 0 Å². The molecule has 0 spiro atoms. The third-order valence-corrected chi connectivity index (χ3v) is 1.86. The number of hydroxylamine groups is 2. The standard InChI is InChI=1S/C12H23NO/c1-11(2)7-6-8-12(3)9-10-14-13(4)5/h7,9H,6,8,10H2,1-5H3/b12-9+. The van der Waals surface area contributed by atoms with Crippen molar-refractivity contribution >= 4 is 0 Å². The molecule has 0 rings (SSSR count). The van der Waals surface area contributed by atoms with E-state index < -0.39 is 0 Å². The molecule has 0 fully saturated rings. The summed E-state index contributed by atoms with van der Waals surface area (Å²) in [6.45, 7) is 7.09. The fraction of sp³-hybridized carbons (Fsp3) is 0.667. The fourth-order valence-electron chi connectivity index (χ4n) is 1.02. The first-order valence-electron chi connectivity index (χ1n) is 5.11. The minimum Gasteiger partial charge on any atom is -0.295 e. The van der Waals surface area contributed by atoms with Crippen LogP contribution >= 0.6 is 0 Å². The Bertz CT molecular complexity index is 200. The summed E-state index contributed by atoms with van der Waals surface area (Å²) >= 11 is 0. The van der Waals surface area contributed by atoms with Crippen LogP contribution in [0, 0.1) is 0 Å². The van der Waals surface area contributed by atoms with Crippen LogP contribution in [0.3, 0.4) is 0 Å². The molecule has 0 unspecified atom stereocenters. The molecular weight excluding hydrogens is 174 g/mol. The van der Waals surface area contributed by atoms with Gasteiger partial charge in [0, 0.05) is 14.1 Å². The van der Waals surface area contributed by atoms with Crippen molar-refractivity contribution in [3.63, 3.8) is 0 Å². The lowest BCUT2D eigenvalue weighted by molar-refractivity contribution is -0.106. The van der Waals surface area contributed by atoms with Crippen LogP contribution in [-0.2, 0) is 4.84 Å². The summed E-state index contributed by atoms with van der Waals surface area (Å²) < 4.78 is 0. The Morgan fingerprint density at radius 2 is 1.79 bits per heavy atom. The molecule has 0 bridgehead atoms. The fourth-order valence-corrected chi connectivity index (χ4v) is 1.02. The van der Waals surface area contributed by atoms with Gasteiger partial charge < -0.3 is 0 Å². The molecular formula is C12H23NO. The Hall–Kier alpha value is -0.600. The van der Waals surface area contributed by atoms with E-state index in [1.54, 1.807) is 5.06 Å². The van der Waals surface area contributed by atoms with Gasteiger partial charge in [-0.3, -0.25) is 4.84 Å². The maximum atomic E-state index is 5.28. The van der Waals surface area contributed by atoms with Gasteiger partial charge in [0.2, 0.25) is 0 Å². The van der Waals surface area contributed by atoms with E-state index in [-0.39, 0.29) is 0 Å². The summed E-state index contributed by atoms with van der Waals surface area (Å²) in [5, 5.41) is 1.72. The smallest absolute Gasteiger partial charge is 0.0868 e. The average molecular weight is 197 g/mol. The van der Waals surface area contributed by atoms with Crippen molar-refractivity contribution in [1.82, 2.24) is 5.06 Å².